The Kier molecular flexibility index (Phi) is 7.37. The highest BCUT2D eigenvalue weighted by Gasteiger charge is 2.33. The molecule has 3 unspecified atom stereocenters. The molecule has 0 aliphatic carbocycles. The molecule has 0 saturated carbocycles. The van der Waals surface area contributed by atoms with Gasteiger partial charge < -0.3 is 9.64 Å². The number of rotatable bonds is 5. The number of amides is 1. The van der Waals surface area contributed by atoms with E-state index in [1.54, 1.807) is 17.0 Å². The second-order valence-corrected chi connectivity index (χ2v) is 10.7. The molecule has 170 valence electrons. The van der Waals surface area contributed by atoms with Gasteiger partial charge in [-0.3, -0.25) is 9.69 Å². The van der Waals surface area contributed by atoms with Crippen LogP contribution in [0.15, 0.2) is 29.2 Å². The first kappa shape index (κ1) is 23.7. The predicted molar refractivity (Wildman–Crippen MR) is 117 cm³/mol. The molecule has 2 aliphatic heterocycles. The van der Waals surface area contributed by atoms with Crippen molar-refractivity contribution in [3.63, 3.8) is 0 Å². The Morgan fingerprint density at radius 1 is 1.13 bits per heavy atom. The Morgan fingerprint density at radius 2 is 1.74 bits per heavy atom. The molecule has 0 radical (unpaired) electrons. The predicted octanol–water partition coefficient (Wildman–Crippen LogP) is 1.79. The van der Waals surface area contributed by atoms with E-state index in [-0.39, 0.29) is 35.0 Å². The maximum atomic E-state index is 13.2. The van der Waals surface area contributed by atoms with Crippen molar-refractivity contribution >= 4 is 15.9 Å². The summed E-state index contributed by atoms with van der Waals surface area (Å²) in [5.74, 6) is 0.0400. The number of carbonyl (C=O) groups excluding carboxylic acids is 1. The Balaban J connectivity index is 1.72. The van der Waals surface area contributed by atoms with Crippen LogP contribution < -0.4 is 0 Å². The molecule has 2 saturated heterocycles. The molecule has 8 nitrogen and oxygen atoms in total. The van der Waals surface area contributed by atoms with Crippen molar-refractivity contribution in [2.45, 2.75) is 50.8 Å². The molecule has 1 aromatic carbocycles. The number of benzene rings is 1. The Labute approximate surface area is 185 Å². The normalized spacial score (nSPS) is 24.7. The number of hydrogen-bond donors (Lipinski definition) is 0. The van der Waals surface area contributed by atoms with Crippen molar-refractivity contribution < 1.29 is 17.9 Å². The molecule has 3 rings (SSSR count). The lowest BCUT2D eigenvalue weighted by Crippen LogP contribution is -2.52. The van der Waals surface area contributed by atoms with Gasteiger partial charge in [0.05, 0.1) is 23.2 Å². The van der Waals surface area contributed by atoms with Crippen LogP contribution in [0.25, 0.3) is 0 Å². The number of carbonyl (C=O) groups is 1. The summed E-state index contributed by atoms with van der Waals surface area (Å²) in [5, 5.41) is 9.41. The van der Waals surface area contributed by atoms with Crippen molar-refractivity contribution in [3.8, 4) is 6.07 Å². The van der Waals surface area contributed by atoms with Crippen LogP contribution in [0.2, 0.25) is 0 Å². The van der Waals surface area contributed by atoms with Gasteiger partial charge in [-0.1, -0.05) is 19.9 Å². The maximum Gasteiger partial charge on any atom is 0.253 e. The molecule has 0 N–H and O–H groups in total. The molecule has 1 aromatic rings. The molecule has 9 heteroatoms. The highest BCUT2D eigenvalue weighted by molar-refractivity contribution is 7.89. The van der Waals surface area contributed by atoms with E-state index >= 15 is 0 Å². The minimum atomic E-state index is -3.71. The largest absolute Gasteiger partial charge is 0.373 e. The molecule has 0 aromatic heterocycles. The van der Waals surface area contributed by atoms with Gasteiger partial charge in [-0.25, -0.2) is 8.42 Å². The first-order valence-electron chi connectivity index (χ1n) is 10.8. The number of nitriles is 1. The third-order valence-corrected chi connectivity index (χ3v) is 7.69. The summed E-state index contributed by atoms with van der Waals surface area (Å²) < 4.78 is 33.4. The number of nitrogens with zero attached hydrogens (tertiary/aromatic N) is 4. The smallest absolute Gasteiger partial charge is 0.253 e. The van der Waals surface area contributed by atoms with Gasteiger partial charge in [-0.2, -0.15) is 9.57 Å². The molecule has 2 heterocycles. The van der Waals surface area contributed by atoms with Crippen molar-refractivity contribution in [2.24, 2.45) is 5.92 Å². The van der Waals surface area contributed by atoms with Gasteiger partial charge in [-0.05, 0) is 38.0 Å². The molecule has 0 spiro atoms. The van der Waals surface area contributed by atoms with E-state index in [1.807, 2.05) is 27.7 Å². The van der Waals surface area contributed by atoms with E-state index in [4.69, 9.17) is 4.74 Å². The summed E-state index contributed by atoms with van der Waals surface area (Å²) in [7, 11) is -3.71. The van der Waals surface area contributed by atoms with E-state index in [0.29, 0.717) is 44.8 Å². The number of sulfonamides is 1. The zero-order valence-corrected chi connectivity index (χ0v) is 19.5. The molecular weight excluding hydrogens is 416 g/mol. The second-order valence-electron chi connectivity index (χ2n) is 8.75. The monoisotopic (exact) mass is 448 g/mol. The third kappa shape index (κ3) is 5.26. The zero-order chi connectivity index (χ0) is 22.8. The van der Waals surface area contributed by atoms with Crippen molar-refractivity contribution in [3.05, 3.63) is 29.8 Å². The molecule has 3 atom stereocenters. The second kappa shape index (κ2) is 9.65. The van der Waals surface area contributed by atoms with Gasteiger partial charge in [0.15, 0.2) is 0 Å². The fourth-order valence-electron chi connectivity index (χ4n) is 4.30. The van der Waals surface area contributed by atoms with Gasteiger partial charge in [0.25, 0.3) is 5.91 Å². The average Bonchev–Trinajstić information content (AvgIpc) is 2.73. The van der Waals surface area contributed by atoms with Gasteiger partial charge in [0.2, 0.25) is 10.0 Å². The van der Waals surface area contributed by atoms with E-state index in [2.05, 4.69) is 11.0 Å². The van der Waals surface area contributed by atoms with Gasteiger partial charge >= 0.3 is 0 Å². The van der Waals surface area contributed by atoms with E-state index in [9.17, 15) is 18.5 Å². The molecule has 2 aliphatic rings. The minimum Gasteiger partial charge on any atom is -0.373 e. The molecule has 0 bridgehead atoms. The lowest BCUT2D eigenvalue weighted by molar-refractivity contribution is -0.0440. The van der Waals surface area contributed by atoms with E-state index in [0.717, 1.165) is 0 Å². The number of piperazine rings is 1. The van der Waals surface area contributed by atoms with Crippen LogP contribution in [0.4, 0.5) is 0 Å². The standard InChI is InChI=1S/C22H32N4O4S/c1-16(2)21(13-23)24-8-10-25(11-9-24)22(27)19-6-5-7-20(12-19)31(28,29)26-14-17(3)30-18(4)15-26/h5-7,12,16-18,21H,8-11,14-15H2,1-4H3. The van der Waals surface area contributed by atoms with Gasteiger partial charge in [0, 0.05) is 44.8 Å². The third-order valence-electron chi connectivity index (χ3n) is 5.86. The fraction of sp³-hybridized carbons (Fsp3) is 0.636. The lowest BCUT2D eigenvalue weighted by Gasteiger charge is -2.38. The van der Waals surface area contributed by atoms with Crippen LogP contribution in [0.1, 0.15) is 38.1 Å². The number of morpholine rings is 1. The number of ether oxygens (including phenoxy) is 1. The average molecular weight is 449 g/mol. The van der Waals surface area contributed by atoms with E-state index < -0.39 is 10.0 Å². The minimum absolute atomic E-state index is 0.127. The maximum absolute atomic E-state index is 13.2. The number of hydrogen-bond acceptors (Lipinski definition) is 6. The molecule has 31 heavy (non-hydrogen) atoms. The Hall–Kier alpha value is -1.99. The topological polar surface area (TPSA) is 94.0 Å². The SMILES string of the molecule is CC1CN(S(=O)(=O)c2cccc(C(=O)N3CCN(C(C#N)C(C)C)CC3)c2)CC(C)O1. The summed E-state index contributed by atoms with van der Waals surface area (Å²) in [5.41, 5.74) is 0.365. The van der Waals surface area contributed by atoms with Crippen LogP contribution in [0.5, 0.6) is 0 Å². The first-order chi connectivity index (χ1) is 14.6. The zero-order valence-electron chi connectivity index (χ0n) is 18.7. The summed E-state index contributed by atoms with van der Waals surface area (Å²) in [4.78, 5) is 17.0. The van der Waals surface area contributed by atoms with Crippen molar-refractivity contribution in [1.82, 2.24) is 14.1 Å². The van der Waals surface area contributed by atoms with E-state index in [1.165, 1.54) is 16.4 Å². The summed E-state index contributed by atoms with van der Waals surface area (Å²) in [6.07, 6.45) is -0.356. The highest BCUT2D eigenvalue weighted by atomic mass is 32.2. The Morgan fingerprint density at radius 3 is 2.29 bits per heavy atom. The molecular formula is C22H32N4O4S. The van der Waals surface area contributed by atoms with Gasteiger partial charge in [-0.15, -0.1) is 0 Å². The first-order valence-corrected chi connectivity index (χ1v) is 12.3. The Bertz CT molecular complexity index is 925. The van der Waals surface area contributed by atoms with Crippen molar-refractivity contribution in [1.29, 1.82) is 5.26 Å². The van der Waals surface area contributed by atoms with Crippen LogP contribution in [-0.4, -0.2) is 85.9 Å². The highest BCUT2D eigenvalue weighted by Crippen LogP contribution is 2.23. The van der Waals surface area contributed by atoms with Gasteiger partial charge in [0.1, 0.15) is 6.04 Å². The quantitative estimate of drug-likeness (QED) is 0.682. The summed E-state index contributed by atoms with van der Waals surface area (Å²) in [6.45, 7) is 10.6. The van der Waals surface area contributed by atoms with Crippen LogP contribution in [-0.2, 0) is 14.8 Å². The van der Waals surface area contributed by atoms with Crippen LogP contribution in [0.3, 0.4) is 0 Å². The van der Waals surface area contributed by atoms with Crippen LogP contribution in [0, 0.1) is 17.2 Å². The van der Waals surface area contributed by atoms with Crippen molar-refractivity contribution in [2.75, 3.05) is 39.3 Å². The molecule has 1 amide bonds. The van der Waals surface area contributed by atoms with Crippen LogP contribution >= 0.6 is 0 Å². The summed E-state index contributed by atoms with van der Waals surface area (Å²) in [6, 6.07) is 8.47. The summed E-state index contributed by atoms with van der Waals surface area (Å²) >= 11 is 0. The fourth-order valence-corrected chi connectivity index (χ4v) is 5.94. The lowest BCUT2D eigenvalue weighted by atomic mass is 10.0. The molecule has 2 fully saturated rings.